The third-order valence-electron chi connectivity index (χ3n) is 6.22. The lowest BCUT2D eigenvalue weighted by molar-refractivity contribution is 0.297. The molecule has 2 aromatic carbocycles. The molecule has 0 saturated carbocycles. The first-order chi connectivity index (χ1) is 13.5. The predicted molar refractivity (Wildman–Crippen MR) is 125 cm³/mol. The molecule has 0 fully saturated rings. The summed E-state index contributed by atoms with van der Waals surface area (Å²) in [5, 5.41) is 0. The van der Waals surface area contributed by atoms with E-state index < -0.39 is 0 Å². The number of rotatable bonds is 12. The Balaban J connectivity index is 1.83. The first-order valence-electron chi connectivity index (χ1n) is 11.6. The van der Waals surface area contributed by atoms with Gasteiger partial charge in [-0.3, -0.25) is 0 Å². The Labute approximate surface area is 174 Å². The van der Waals surface area contributed by atoms with E-state index in [0.717, 1.165) is 5.92 Å². The zero-order valence-corrected chi connectivity index (χ0v) is 18.8. The molecule has 0 heterocycles. The predicted octanol–water partition coefficient (Wildman–Crippen LogP) is 9.13. The Morgan fingerprint density at radius 3 is 1.64 bits per heavy atom. The van der Waals surface area contributed by atoms with Crippen LogP contribution >= 0.6 is 0 Å². The van der Waals surface area contributed by atoms with Crippen molar-refractivity contribution in [3.63, 3.8) is 0 Å². The molecule has 0 bridgehead atoms. The van der Waals surface area contributed by atoms with Crippen LogP contribution in [0.4, 0.5) is 0 Å². The molecule has 0 heteroatoms. The molecule has 0 aromatic heterocycles. The van der Waals surface area contributed by atoms with Crippen LogP contribution in [0.1, 0.15) is 108 Å². The average Bonchev–Trinajstić information content (AvgIpc) is 2.69. The highest BCUT2D eigenvalue weighted by molar-refractivity contribution is 5.21. The van der Waals surface area contributed by atoms with E-state index in [4.69, 9.17) is 0 Å². The normalized spacial score (nSPS) is 14.0. The smallest absolute Gasteiger partial charge is 0.0113 e. The second-order valence-electron chi connectivity index (χ2n) is 9.57. The van der Waals surface area contributed by atoms with Gasteiger partial charge in [0.1, 0.15) is 0 Å². The molecule has 28 heavy (non-hydrogen) atoms. The fourth-order valence-corrected chi connectivity index (χ4v) is 4.54. The molecular formula is C28H42. The molecule has 0 radical (unpaired) electrons. The largest absolute Gasteiger partial charge is 0.0654 e. The highest BCUT2D eigenvalue weighted by Crippen LogP contribution is 2.39. The molecule has 0 N–H and O–H groups in total. The maximum Gasteiger partial charge on any atom is -0.0113 e. The van der Waals surface area contributed by atoms with E-state index in [-0.39, 0.29) is 0 Å². The van der Waals surface area contributed by atoms with Gasteiger partial charge < -0.3 is 0 Å². The van der Waals surface area contributed by atoms with Gasteiger partial charge in [-0.25, -0.2) is 0 Å². The van der Waals surface area contributed by atoms with Crippen LogP contribution in [0.15, 0.2) is 60.7 Å². The molecule has 2 rings (SSSR count). The quantitative estimate of drug-likeness (QED) is 0.323. The van der Waals surface area contributed by atoms with Crippen molar-refractivity contribution in [1.82, 2.24) is 0 Å². The van der Waals surface area contributed by atoms with Crippen molar-refractivity contribution in [2.45, 2.75) is 97.3 Å². The average molecular weight is 379 g/mol. The molecule has 2 atom stereocenters. The molecule has 0 spiro atoms. The highest BCUT2D eigenvalue weighted by atomic mass is 14.3. The lowest BCUT2D eigenvalue weighted by atomic mass is 9.74. The van der Waals surface area contributed by atoms with Gasteiger partial charge in [0.05, 0.1) is 0 Å². The van der Waals surface area contributed by atoms with Crippen molar-refractivity contribution in [3.8, 4) is 0 Å². The summed E-state index contributed by atoms with van der Waals surface area (Å²) < 4.78 is 0. The Morgan fingerprint density at radius 2 is 1.11 bits per heavy atom. The lowest BCUT2D eigenvalue weighted by Gasteiger charge is -2.31. The van der Waals surface area contributed by atoms with E-state index in [9.17, 15) is 0 Å². The maximum absolute atomic E-state index is 2.39. The zero-order chi connectivity index (χ0) is 20.2. The van der Waals surface area contributed by atoms with Gasteiger partial charge in [-0.15, -0.1) is 0 Å². The highest BCUT2D eigenvalue weighted by Gasteiger charge is 2.25. The fourth-order valence-electron chi connectivity index (χ4n) is 4.54. The second-order valence-corrected chi connectivity index (χ2v) is 9.57. The zero-order valence-electron chi connectivity index (χ0n) is 18.8. The van der Waals surface area contributed by atoms with Crippen molar-refractivity contribution in [2.75, 3.05) is 0 Å². The SMILES string of the molecule is CCCCCC(CCCCCC(c1ccccc1)C(C)(C)C)c1ccccc1. The summed E-state index contributed by atoms with van der Waals surface area (Å²) in [4.78, 5) is 0. The first kappa shape index (κ1) is 22.7. The summed E-state index contributed by atoms with van der Waals surface area (Å²) in [7, 11) is 0. The van der Waals surface area contributed by atoms with E-state index >= 15 is 0 Å². The third-order valence-corrected chi connectivity index (χ3v) is 6.22. The molecule has 154 valence electrons. The first-order valence-corrected chi connectivity index (χ1v) is 11.6. The number of hydrogen-bond donors (Lipinski definition) is 0. The summed E-state index contributed by atoms with van der Waals surface area (Å²) in [5.74, 6) is 1.41. The van der Waals surface area contributed by atoms with Crippen LogP contribution in [0.2, 0.25) is 0 Å². The van der Waals surface area contributed by atoms with Crippen LogP contribution in [0.25, 0.3) is 0 Å². The minimum absolute atomic E-state index is 0.327. The molecule has 2 aromatic rings. The van der Waals surface area contributed by atoms with Crippen molar-refractivity contribution in [3.05, 3.63) is 71.8 Å². The van der Waals surface area contributed by atoms with Crippen LogP contribution in [0, 0.1) is 5.41 Å². The number of hydrogen-bond acceptors (Lipinski definition) is 0. The number of unbranched alkanes of at least 4 members (excludes halogenated alkanes) is 4. The monoisotopic (exact) mass is 378 g/mol. The van der Waals surface area contributed by atoms with Crippen molar-refractivity contribution in [1.29, 1.82) is 0 Å². The van der Waals surface area contributed by atoms with Crippen LogP contribution in [-0.4, -0.2) is 0 Å². The van der Waals surface area contributed by atoms with Gasteiger partial charge in [-0.2, -0.15) is 0 Å². The lowest BCUT2D eigenvalue weighted by Crippen LogP contribution is -2.18. The molecule has 0 saturated heterocycles. The summed E-state index contributed by atoms with van der Waals surface area (Å²) in [5.41, 5.74) is 3.39. The Kier molecular flexibility index (Phi) is 9.82. The van der Waals surface area contributed by atoms with Gasteiger partial charge in [0.2, 0.25) is 0 Å². The minimum atomic E-state index is 0.327. The van der Waals surface area contributed by atoms with Crippen LogP contribution < -0.4 is 0 Å². The summed E-state index contributed by atoms with van der Waals surface area (Å²) in [6.45, 7) is 9.48. The fraction of sp³-hybridized carbons (Fsp3) is 0.571. The maximum atomic E-state index is 2.39. The Bertz CT molecular complexity index is 620. The molecular weight excluding hydrogens is 336 g/mol. The Hall–Kier alpha value is -1.56. The van der Waals surface area contributed by atoms with Crippen LogP contribution in [-0.2, 0) is 0 Å². The van der Waals surface area contributed by atoms with E-state index in [1.54, 1.807) is 5.56 Å². The van der Waals surface area contributed by atoms with E-state index in [2.05, 4.69) is 88.4 Å². The molecule has 2 unspecified atom stereocenters. The number of benzene rings is 2. The Morgan fingerprint density at radius 1 is 0.607 bits per heavy atom. The van der Waals surface area contributed by atoms with Crippen molar-refractivity contribution < 1.29 is 0 Å². The van der Waals surface area contributed by atoms with Gasteiger partial charge in [0.15, 0.2) is 0 Å². The van der Waals surface area contributed by atoms with Gasteiger partial charge in [-0.1, -0.05) is 127 Å². The molecule has 0 nitrogen and oxygen atoms in total. The van der Waals surface area contributed by atoms with Crippen molar-refractivity contribution in [2.24, 2.45) is 5.41 Å². The standard InChI is InChI=1S/C28H42/c1-5-6-10-17-24(25-18-11-7-12-19-25)20-13-9-16-23-27(28(2,3)4)26-21-14-8-15-22-26/h7-8,11-12,14-15,18-19,21-22,24,27H,5-6,9-10,13,16-17,20,23H2,1-4H3. The molecule has 0 aliphatic carbocycles. The van der Waals surface area contributed by atoms with Crippen LogP contribution in [0.5, 0.6) is 0 Å². The summed E-state index contributed by atoms with van der Waals surface area (Å²) in [6, 6.07) is 22.4. The topological polar surface area (TPSA) is 0 Å². The van der Waals surface area contributed by atoms with E-state index in [1.807, 2.05) is 0 Å². The van der Waals surface area contributed by atoms with Gasteiger partial charge in [-0.05, 0) is 47.6 Å². The van der Waals surface area contributed by atoms with E-state index in [1.165, 1.54) is 63.4 Å². The van der Waals surface area contributed by atoms with Gasteiger partial charge >= 0.3 is 0 Å². The minimum Gasteiger partial charge on any atom is -0.0654 e. The molecule has 0 aliphatic heterocycles. The summed E-state index contributed by atoms with van der Waals surface area (Å²) in [6.07, 6.45) is 12.1. The van der Waals surface area contributed by atoms with Gasteiger partial charge in [0.25, 0.3) is 0 Å². The van der Waals surface area contributed by atoms with E-state index in [0.29, 0.717) is 11.3 Å². The summed E-state index contributed by atoms with van der Waals surface area (Å²) >= 11 is 0. The van der Waals surface area contributed by atoms with Crippen LogP contribution in [0.3, 0.4) is 0 Å². The van der Waals surface area contributed by atoms with Gasteiger partial charge in [0, 0.05) is 0 Å². The second kappa shape index (κ2) is 12.1. The molecule has 0 amide bonds. The molecule has 0 aliphatic rings. The van der Waals surface area contributed by atoms with Crippen molar-refractivity contribution >= 4 is 0 Å². The third kappa shape index (κ3) is 7.82.